The number of hydrogen-bond donors (Lipinski definition) is 0. The van der Waals surface area contributed by atoms with Crippen molar-refractivity contribution in [3.8, 4) is 0 Å². The van der Waals surface area contributed by atoms with Crippen molar-refractivity contribution in [3.05, 3.63) is 28.7 Å². The number of hydrogen-bond acceptors (Lipinski definition) is 2. The Kier molecular flexibility index (Phi) is 3.15. The van der Waals surface area contributed by atoms with Crippen molar-refractivity contribution in [1.29, 1.82) is 0 Å². The second-order valence-corrected chi connectivity index (χ2v) is 4.81. The SMILES string of the molecule is CCc1cc2nc(CC(C)C)cc(Cl)n2n1. The number of aryl methyl sites for hydroxylation is 1. The van der Waals surface area contributed by atoms with Gasteiger partial charge in [0, 0.05) is 11.8 Å². The zero-order chi connectivity index (χ0) is 11.7. The van der Waals surface area contributed by atoms with Crippen LogP contribution in [0.15, 0.2) is 12.1 Å². The lowest BCUT2D eigenvalue weighted by Crippen LogP contribution is -2.01. The number of halogens is 1. The first-order valence-electron chi connectivity index (χ1n) is 5.64. The van der Waals surface area contributed by atoms with E-state index in [4.69, 9.17) is 11.6 Å². The maximum atomic E-state index is 6.18. The fourth-order valence-corrected chi connectivity index (χ4v) is 1.98. The minimum atomic E-state index is 0.583. The van der Waals surface area contributed by atoms with Gasteiger partial charge in [-0.25, -0.2) is 9.50 Å². The average molecular weight is 238 g/mol. The lowest BCUT2D eigenvalue weighted by Gasteiger charge is -2.05. The summed E-state index contributed by atoms with van der Waals surface area (Å²) < 4.78 is 1.70. The zero-order valence-corrected chi connectivity index (χ0v) is 10.6. The molecule has 0 unspecified atom stereocenters. The predicted molar refractivity (Wildman–Crippen MR) is 65.9 cm³/mol. The molecule has 0 N–H and O–H groups in total. The summed E-state index contributed by atoms with van der Waals surface area (Å²) in [5.74, 6) is 0.583. The van der Waals surface area contributed by atoms with Crippen LogP contribution < -0.4 is 0 Å². The summed E-state index contributed by atoms with van der Waals surface area (Å²) in [5, 5.41) is 5.01. The summed E-state index contributed by atoms with van der Waals surface area (Å²) in [7, 11) is 0. The van der Waals surface area contributed by atoms with Gasteiger partial charge in [-0.15, -0.1) is 0 Å². The first kappa shape index (κ1) is 11.4. The average Bonchev–Trinajstić information content (AvgIpc) is 2.60. The summed E-state index contributed by atoms with van der Waals surface area (Å²) >= 11 is 6.18. The van der Waals surface area contributed by atoms with Crippen LogP contribution in [0.5, 0.6) is 0 Å². The van der Waals surface area contributed by atoms with Crippen molar-refractivity contribution < 1.29 is 0 Å². The molecule has 0 fully saturated rings. The Morgan fingerprint density at radius 3 is 2.69 bits per heavy atom. The molecule has 2 aromatic rings. The molecular formula is C12H16ClN3. The van der Waals surface area contributed by atoms with Gasteiger partial charge in [-0.3, -0.25) is 0 Å². The Hall–Kier alpha value is -1.09. The Morgan fingerprint density at radius 2 is 2.06 bits per heavy atom. The van der Waals surface area contributed by atoms with Gasteiger partial charge in [-0.1, -0.05) is 32.4 Å². The van der Waals surface area contributed by atoms with E-state index in [1.165, 1.54) is 0 Å². The highest BCUT2D eigenvalue weighted by Crippen LogP contribution is 2.16. The standard InChI is InChI=1S/C12H16ClN3/c1-4-9-7-12-14-10(5-8(2)3)6-11(13)16(12)15-9/h6-8H,4-5H2,1-3H3. The van der Waals surface area contributed by atoms with Crippen LogP contribution >= 0.6 is 11.6 Å². The predicted octanol–water partition coefficient (Wildman–Crippen LogP) is 3.14. The van der Waals surface area contributed by atoms with E-state index in [-0.39, 0.29) is 0 Å². The second kappa shape index (κ2) is 4.42. The summed E-state index contributed by atoms with van der Waals surface area (Å²) in [6.45, 7) is 6.42. The third-order valence-corrected chi connectivity index (χ3v) is 2.74. The van der Waals surface area contributed by atoms with E-state index in [2.05, 4.69) is 30.9 Å². The van der Waals surface area contributed by atoms with Crippen molar-refractivity contribution in [2.75, 3.05) is 0 Å². The summed E-state index contributed by atoms with van der Waals surface area (Å²) in [4.78, 5) is 4.56. The quantitative estimate of drug-likeness (QED) is 0.768. The van der Waals surface area contributed by atoms with E-state index in [0.717, 1.165) is 29.9 Å². The third-order valence-electron chi connectivity index (χ3n) is 2.47. The minimum absolute atomic E-state index is 0.583. The molecule has 4 heteroatoms. The molecule has 0 bridgehead atoms. The van der Waals surface area contributed by atoms with Gasteiger partial charge in [0.1, 0.15) is 5.15 Å². The molecule has 2 rings (SSSR count). The van der Waals surface area contributed by atoms with Gasteiger partial charge in [0.15, 0.2) is 5.65 Å². The van der Waals surface area contributed by atoms with E-state index in [9.17, 15) is 0 Å². The smallest absolute Gasteiger partial charge is 0.157 e. The monoisotopic (exact) mass is 237 g/mol. The maximum absolute atomic E-state index is 6.18. The van der Waals surface area contributed by atoms with Crippen LogP contribution in [-0.4, -0.2) is 14.6 Å². The molecule has 3 nitrogen and oxygen atoms in total. The van der Waals surface area contributed by atoms with E-state index < -0.39 is 0 Å². The lowest BCUT2D eigenvalue weighted by molar-refractivity contribution is 0.634. The van der Waals surface area contributed by atoms with Crippen molar-refractivity contribution in [2.24, 2.45) is 5.92 Å². The highest BCUT2D eigenvalue weighted by molar-refractivity contribution is 6.29. The van der Waals surface area contributed by atoms with Crippen LogP contribution in [0.1, 0.15) is 32.2 Å². The number of rotatable bonds is 3. The summed E-state index contributed by atoms with van der Waals surface area (Å²) in [6, 6.07) is 3.90. The van der Waals surface area contributed by atoms with Crippen LogP contribution in [-0.2, 0) is 12.8 Å². The van der Waals surface area contributed by atoms with Crippen LogP contribution in [0, 0.1) is 5.92 Å². The van der Waals surface area contributed by atoms with Crippen molar-refractivity contribution in [2.45, 2.75) is 33.6 Å². The first-order valence-corrected chi connectivity index (χ1v) is 6.02. The maximum Gasteiger partial charge on any atom is 0.157 e. The van der Waals surface area contributed by atoms with Crippen molar-refractivity contribution >= 4 is 17.2 Å². The van der Waals surface area contributed by atoms with E-state index in [1.54, 1.807) is 4.52 Å². The summed E-state index contributed by atoms with van der Waals surface area (Å²) in [6.07, 6.45) is 1.85. The Balaban J connectivity index is 2.48. The van der Waals surface area contributed by atoms with Crippen molar-refractivity contribution in [3.63, 3.8) is 0 Å². The Morgan fingerprint density at radius 1 is 1.31 bits per heavy atom. The molecule has 0 radical (unpaired) electrons. The van der Waals surface area contributed by atoms with Crippen LogP contribution in [0.4, 0.5) is 0 Å². The molecular weight excluding hydrogens is 222 g/mol. The molecule has 0 saturated carbocycles. The number of fused-ring (bicyclic) bond motifs is 1. The Bertz CT molecular complexity index is 502. The highest BCUT2D eigenvalue weighted by Gasteiger charge is 2.08. The molecule has 0 spiro atoms. The van der Waals surface area contributed by atoms with Gasteiger partial charge in [0.05, 0.1) is 5.69 Å². The second-order valence-electron chi connectivity index (χ2n) is 4.43. The van der Waals surface area contributed by atoms with Crippen molar-refractivity contribution in [1.82, 2.24) is 14.6 Å². The molecule has 2 heterocycles. The molecule has 0 amide bonds. The molecule has 0 saturated heterocycles. The van der Waals surface area contributed by atoms with Gasteiger partial charge in [-0.05, 0) is 24.8 Å². The molecule has 0 aliphatic heterocycles. The van der Waals surface area contributed by atoms with E-state index in [0.29, 0.717) is 11.1 Å². The molecule has 0 aliphatic carbocycles. The van der Waals surface area contributed by atoms with Gasteiger partial charge < -0.3 is 0 Å². The van der Waals surface area contributed by atoms with E-state index >= 15 is 0 Å². The minimum Gasteiger partial charge on any atom is -0.233 e. The van der Waals surface area contributed by atoms with Gasteiger partial charge in [-0.2, -0.15) is 5.10 Å². The summed E-state index contributed by atoms with van der Waals surface area (Å²) in [5.41, 5.74) is 2.91. The topological polar surface area (TPSA) is 30.2 Å². The molecule has 0 aliphatic rings. The number of aromatic nitrogens is 3. The van der Waals surface area contributed by atoms with Gasteiger partial charge in [0.2, 0.25) is 0 Å². The first-order chi connectivity index (χ1) is 7.60. The third kappa shape index (κ3) is 2.19. The normalized spacial score (nSPS) is 11.6. The fraction of sp³-hybridized carbons (Fsp3) is 0.500. The largest absolute Gasteiger partial charge is 0.233 e. The molecule has 0 aromatic carbocycles. The van der Waals surface area contributed by atoms with Crippen LogP contribution in [0.25, 0.3) is 5.65 Å². The van der Waals surface area contributed by atoms with E-state index in [1.807, 2.05) is 12.1 Å². The van der Waals surface area contributed by atoms with Crippen LogP contribution in [0.3, 0.4) is 0 Å². The molecule has 2 aromatic heterocycles. The number of nitrogens with zero attached hydrogens (tertiary/aromatic N) is 3. The zero-order valence-electron chi connectivity index (χ0n) is 9.87. The van der Waals surface area contributed by atoms with Gasteiger partial charge >= 0.3 is 0 Å². The lowest BCUT2D eigenvalue weighted by atomic mass is 10.1. The molecule has 86 valence electrons. The molecule has 0 atom stereocenters. The van der Waals surface area contributed by atoms with Crippen LogP contribution in [0.2, 0.25) is 5.15 Å². The molecule has 16 heavy (non-hydrogen) atoms. The fourth-order valence-electron chi connectivity index (χ4n) is 1.73. The highest BCUT2D eigenvalue weighted by atomic mass is 35.5. The Labute approximate surface area is 100 Å². The van der Waals surface area contributed by atoms with Gasteiger partial charge in [0.25, 0.3) is 0 Å².